The molecule has 31 heavy (non-hydrogen) atoms. The van der Waals surface area contributed by atoms with E-state index in [0.717, 1.165) is 5.56 Å². The summed E-state index contributed by atoms with van der Waals surface area (Å²) in [5.41, 5.74) is 1.92. The van der Waals surface area contributed by atoms with Gasteiger partial charge in [-0.1, -0.05) is 72.1 Å². The van der Waals surface area contributed by atoms with Crippen molar-refractivity contribution in [3.05, 3.63) is 41.3 Å². The lowest BCUT2D eigenvalue weighted by Gasteiger charge is -2.27. The lowest BCUT2D eigenvalue weighted by molar-refractivity contribution is -0.121. The Kier molecular flexibility index (Phi) is 9.84. The van der Waals surface area contributed by atoms with Gasteiger partial charge in [-0.2, -0.15) is 0 Å². The summed E-state index contributed by atoms with van der Waals surface area (Å²) in [5, 5.41) is 10.7. The molecule has 0 bridgehead atoms. The van der Waals surface area contributed by atoms with Crippen LogP contribution in [0.15, 0.2) is 35.7 Å². The minimum Gasteiger partial charge on any atom is -0.462 e. The summed E-state index contributed by atoms with van der Waals surface area (Å²) in [7, 11) is 0. The van der Waals surface area contributed by atoms with Crippen LogP contribution in [0.25, 0.3) is 11.1 Å². The molecule has 168 valence electrons. The fourth-order valence-electron chi connectivity index (χ4n) is 2.62. The van der Waals surface area contributed by atoms with E-state index in [9.17, 15) is 9.59 Å². The second-order valence-corrected chi connectivity index (χ2v) is 9.99. The summed E-state index contributed by atoms with van der Waals surface area (Å²) in [6, 6.07) is 9.44. The Bertz CT molecular complexity index is 917. The van der Waals surface area contributed by atoms with Gasteiger partial charge in [-0.25, -0.2) is 4.79 Å². The molecular weight excluding hydrogens is 501 g/mol. The monoisotopic (exact) mass is 521 g/mol. The van der Waals surface area contributed by atoms with Crippen LogP contribution in [0.4, 0.5) is 5.00 Å². The largest absolute Gasteiger partial charge is 0.462 e. The number of nitrogens with one attached hydrogen (secondary N) is 3. The van der Waals surface area contributed by atoms with Crippen molar-refractivity contribution < 1.29 is 14.3 Å². The van der Waals surface area contributed by atoms with E-state index in [1.54, 1.807) is 6.92 Å². The first-order valence-electron chi connectivity index (χ1n) is 9.45. The third-order valence-electron chi connectivity index (χ3n) is 3.97. The van der Waals surface area contributed by atoms with Crippen molar-refractivity contribution >= 4 is 80.3 Å². The number of hydrogen-bond acceptors (Lipinski definition) is 5. The van der Waals surface area contributed by atoms with Crippen molar-refractivity contribution in [3.63, 3.8) is 0 Å². The number of benzene rings is 1. The lowest BCUT2D eigenvalue weighted by Crippen LogP contribution is -2.56. The molecule has 1 atom stereocenters. The number of ether oxygens (including phenoxy) is 1. The Morgan fingerprint density at radius 2 is 1.84 bits per heavy atom. The number of thiophene rings is 1. The lowest BCUT2D eigenvalue weighted by atomic mass is 10.0. The molecule has 1 aromatic carbocycles. The van der Waals surface area contributed by atoms with Crippen LogP contribution in [0.2, 0.25) is 0 Å². The first-order valence-corrected chi connectivity index (χ1v) is 11.9. The summed E-state index contributed by atoms with van der Waals surface area (Å²) in [6.45, 7) is 3.82. The summed E-state index contributed by atoms with van der Waals surface area (Å²) in [4.78, 5) is 24.6. The molecule has 3 N–H and O–H groups in total. The summed E-state index contributed by atoms with van der Waals surface area (Å²) < 4.78 is 3.37. The zero-order valence-corrected chi connectivity index (χ0v) is 20.7. The number of carbonyl (C=O) groups excluding carboxylic acids is 2. The quantitative estimate of drug-likeness (QED) is 0.184. The van der Waals surface area contributed by atoms with Crippen LogP contribution in [0.3, 0.4) is 0 Å². The second-order valence-electron chi connectivity index (χ2n) is 6.33. The van der Waals surface area contributed by atoms with E-state index in [0.29, 0.717) is 22.5 Å². The van der Waals surface area contributed by atoms with E-state index in [1.165, 1.54) is 11.3 Å². The molecule has 1 heterocycles. The molecule has 0 saturated heterocycles. The standard InChI is InChI=1S/C20H22Cl3N3O3S2/c1-3-8-14(27)24-18(20(21,22)23)26-19(30)25-16-15(17(28)29-4-2)13(11-31-16)12-9-6-5-7-10-12/h5-7,9-11,18H,3-4,8H2,1-2H3,(H,24,27)(H2,25,26,30)/t18-/m1/s1. The number of thiocarbonyl (C=S) groups is 1. The first kappa shape index (κ1) is 25.7. The third kappa shape index (κ3) is 7.50. The maximum absolute atomic E-state index is 12.7. The van der Waals surface area contributed by atoms with Gasteiger partial charge in [0, 0.05) is 17.4 Å². The number of amides is 1. The average Bonchev–Trinajstić information content (AvgIpc) is 3.11. The Morgan fingerprint density at radius 3 is 2.42 bits per heavy atom. The predicted molar refractivity (Wildman–Crippen MR) is 132 cm³/mol. The molecule has 0 fully saturated rings. The van der Waals surface area contributed by atoms with Crippen LogP contribution in [-0.2, 0) is 9.53 Å². The van der Waals surface area contributed by atoms with E-state index in [4.69, 9.17) is 51.8 Å². The predicted octanol–water partition coefficient (Wildman–Crippen LogP) is 5.49. The van der Waals surface area contributed by atoms with Crippen LogP contribution in [0.1, 0.15) is 37.0 Å². The van der Waals surface area contributed by atoms with Gasteiger partial charge in [0.25, 0.3) is 0 Å². The van der Waals surface area contributed by atoms with Crippen molar-refractivity contribution in [1.82, 2.24) is 10.6 Å². The van der Waals surface area contributed by atoms with E-state index in [1.807, 2.05) is 42.6 Å². The molecule has 0 aliphatic heterocycles. The van der Waals surface area contributed by atoms with Gasteiger partial charge < -0.3 is 20.7 Å². The molecule has 1 aromatic heterocycles. The van der Waals surface area contributed by atoms with Crippen molar-refractivity contribution in [2.45, 2.75) is 36.6 Å². The Balaban J connectivity index is 2.26. The van der Waals surface area contributed by atoms with Gasteiger partial charge in [0.1, 0.15) is 16.7 Å². The van der Waals surface area contributed by atoms with Gasteiger partial charge >= 0.3 is 5.97 Å². The molecule has 0 spiro atoms. The Hall–Kier alpha value is -1.58. The van der Waals surface area contributed by atoms with Gasteiger partial charge in [0.2, 0.25) is 9.70 Å². The zero-order chi connectivity index (χ0) is 23.0. The highest BCUT2D eigenvalue weighted by molar-refractivity contribution is 7.80. The van der Waals surface area contributed by atoms with Gasteiger partial charge in [0.15, 0.2) is 5.11 Å². The molecule has 11 heteroatoms. The van der Waals surface area contributed by atoms with E-state index < -0.39 is 15.9 Å². The first-order chi connectivity index (χ1) is 14.7. The molecule has 6 nitrogen and oxygen atoms in total. The van der Waals surface area contributed by atoms with Gasteiger partial charge in [0.05, 0.1) is 6.61 Å². The summed E-state index contributed by atoms with van der Waals surface area (Å²) in [5.74, 6) is -0.772. The Labute approximate surface area is 205 Å². The average molecular weight is 523 g/mol. The molecule has 2 aromatic rings. The maximum atomic E-state index is 12.7. The van der Waals surface area contributed by atoms with Crippen molar-refractivity contribution in [2.75, 3.05) is 11.9 Å². The van der Waals surface area contributed by atoms with Crippen LogP contribution in [0, 0.1) is 0 Å². The Morgan fingerprint density at radius 1 is 1.16 bits per heavy atom. The van der Waals surface area contributed by atoms with Crippen LogP contribution in [0.5, 0.6) is 0 Å². The van der Waals surface area contributed by atoms with Gasteiger partial charge in [-0.15, -0.1) is 11.3 Å². The van der Waals surface area contributed by atoms with Crippen molar-refractivity contribution in [3.8, 4) is 11.1 Å². The normalized spacial score (nSPS) is 12.0. The zero-order valence-electron chi connectivity index (χ0n) is 16.8. The minimum atomic E-state index is -1.86. The van der Waals surface area contributed by atoms with Crippen LogP contribution in [-0.4, -0.2) is 33.6 Å². The van der Waals surface area contributed by atoms with E-state index >= 15 is 0 Å². The highest BCUT2D eigenvalue weighted by Crippen LogP contribution is 2.36. The summed E-state index contributed by atoms with van der Waals surface area (Å²) >= 11 is 24.6. The topological polar surface area (TPSA) is 79.5 Å². The number of carbonyl (C=O) groups is 2. The van der Waals surface area contributed by atoms with Crippen LogP contribution >= 0.6 is 58.4 Å². The number of hydrogen-bond donors (Lipinski definition) is 3. The summed E-state index contributed by atoms with van der Waals surface area (Å²) in [6.07, 6.45) is -0.157. The second kappa shape index (κ2) is 11.9. The fourth-order valence-corrected chi connectivity index (χ4v) is 4.19. The molecule has 0 radical (unpaired) electrons. The molecule has 2 rings (SSSR count). The highest BCUT2D eigenvalue weighted by atomic mass is 35.6. The minimum absolute atomic E-state index is 0.0696. The van der Waals surface area contributed by atoms with E-state index in [-0.39, 0.29) is 24.0 Å². The van der Waals surface area contributed by atoms with Crippen molar-refractivity contribution in [1.29, 1.82) is 0 Å². The molecule has 0 saturated carbocycles. The molecule has 1 amide bonds. The van der Waals surface area contributed by atoms with Crippen molar-refractivity contribution in [2.24, 2.45) is 0 Å². The number of alkyl halides is 3. The molecular formula is C20H22Cl3N3O3S2. The molecule has 0 aliphatic rings. The molecule has 0 unspecified atom stereocenters. The fraction of sp³-hybridized carbons (Fsp3) is 0.350. The third-order valence-corrected chi connectivity index (χ3v) is 5.74. The number of halogens is 3. The highest BCUT2D eigenvalue weighted by Gasteiger charge is 2.34. The maximum Gasteiger partial charge on any atom is 0.341 e. The molecule has 0 aliphatic carbocycles. The van der Waals surface area contributed by atoms with E-state index in [2.05, 4.69) is 16.0 Å². The van der Waals surface area contributed by atoms with Gasteiger partial charge in [-0.3, -0.25) is 4.79 Å². The number of esters is 1. The SMILES string of the molecule is CCCC(=O)N[C@H](NC(=S)Nc1scc(-c2ccccc2)c1C(=O)OCC)C(Cl)(Cl)Cl. The smallest absolute Gasteiger partial charge is 0.341 e. The number of rotatable bonds is 8. The van der Waals surface area contributed by atoms with Crippen LogP contribution < -0.4 is 16.0 Å². The van der Waals surface area contributed by atoms with Gasteiger partial charge in [-0.05, 0) is 31.1 Å². The number of anilines is 1.